The Morgan fingerprint density at radius 1 is 1.30 bits per heavy atom. The molecule has 1 saturated heterocycles. The topological polar surface area (TPSA) is 58.2 Å². The molecule has 1 saturated carbocycles. The largest absolute Gasteiger partial charge is 0.374 e. The van der Waals surface area contributed by atoms with Crippen LogP contribution < -0.4 is 0 Å². The van der Waals surface area contributed by atoms with Gasteiger partial charge in [-0.05, 0) is 25.0 Å². The number of carbonyl (C=O) groups is 1. The first-order chi connectivity index (χ1) is 11.3. The molecular formula is C18H23N3O2. The lowest BCUT2D eigenvalue weighted by atomic mass is 9.90. The van der Waals surface area contributed by atoms with E-state index >= 15 is 0 Å². The highest BCUT2D eigenvalue weighted by molar-refractivity contribution is 5.78. The third-order valence-electron chi connectivity index (χ3n) is 5.07. The SMILES string of the molecule is O=C(CCc1nc2ccccc2[nH]1)N1CCO[C@H]2CCCC[C@@H]21. The fraction of sp³-hybridized carbons (Fsp3) is 0.556. The summed E-state index contributed by atoms with van der Waals surface area (Å²) in [6.45, 7) is 1.41. The number of nitrogens with zero attached hydrogens (tertiary/aromatic N) is 2. The van der Waals surface area contributed by atoms with Gasteiger partial charge in [0.2, 0.25) is 5.91 Å². The second-order valence-corrected chi connectivity index (χ2v) is 6.55. The quantitative estimate of drug-likeness (QED) is 0.948. The van der Waals surface area contributed by atoms with Crippen LogP contribution in [-0.4, -0.2) is 46.1 Å². The van der Waals surface area contributed by atoms with Gasteiger partial charge >= 0.3 is 0 Å². The van der Waals surface area contributed by atoms with Gasteiger partial charge in [0.15, 0.2) is 0 Å². The molecule has 1 aromatic carbocycles. The van der Waals surface area contributed by atoms with E-state index in [4.69, 9.17) is 4.74 Å². The number of ether oxygens (including phenoxy) is 1. The molecule has 4 rings (SSSR count). The first kappa shape index (κ1) is 14.7. The van der Waals surface area contributed by atoms with Crippen LogP contribution >= 0.6 is 0 Å². The van der Waals surface area contributed by atoms with Crippen LogP contribution in [0, 0.1) is 0 Å². The average Bonchev–Trinajstić information content (AvgIpc) is 3.02. The molecule has 2 aliphatic rings. The second kappa shape index (κ2) is 6.32. The van der Waals surface area contributed by atoms with E-state index in [0.717, 1.165) is 36.2 Å². The van der Waals surface area contributed by atoms with Crippen molar-refractivity contribution >= 4 is 16.9 Å². The molecule has 1 aliphatic carbocycles. The van der Waals surface area contributed by atoms with Crippen LogP contribution in [-0.2, 0) is 16.0 Å². The standard InChI is InChI=1S/C18H23N3O2/c22-18(21-11-12-23-16-8-4-3-7-15(16)21)10-9-17-19-13-5-1-2-6-14(13)20-17/h1-2,5-6,15-16H,3-4,7-12H2,(H,19,20)/t15-,16-/m0/s1. The van der Waals surface area contributed by atoms with Crippen molar-refractivity contribution < 1.29 is 9.53 Å². The number of carbonyl (C=O) groups excluding carboxylic acids is 1. The van der Waals surface area contributed by atoms with Crippen molar-refractivity contribution in [1.82, 2.24) is 14.9 Å². The lowest BCUT2D eigenvalue weighted by molar-refractivity contribution is -0.149. The highest BCUT2D eigenvalue weighted by Gasteiger charge is 2.36. The van der Waals surface area contributed by atoms with Gasteiger partial charge in [0.1, 0.15) is 5.82 Å². The number of hydrogen-bond donors (Lipinski definition) is 1. The molecule has 0 radical (unpaired) electrons. The Kier molecular flexibility index (Phi) is 4.04. The molecule has 23 heavy (non-hydrogen) atoms. The summed E-state index contributed by atoms with van der Waals surface area (Å²) in [6, 6.07) is 8.27. The fourth-order valence-corrected chi connectivity index (χ4v) is 3.90. The number of nitrogens with one attached hydrogen (secondary N) is 1. The van der Waals surface area contributed by atoms with Gasteiger partial charge in [-0.3, -0.25) is 4.79 Å². The minimum Gasteiger partial charge on any atom is -0.374 e. The third kappa shape index (κ3) is 2.98. The van der Waals surface area contributed by atoms with Crippen molar-refractivity contribution in [2.45, 2.75) is 50.7 Å². The van der Waals surface area contributed by atoms with Gasteiger partial charge in [-0.2, -0.15) is 0 Å². The van der Waals surface area contributed by atoms with Crippen LogP contribution in [0.3, 0.4) is 0 Å². The van der Waals surface area contributed by atoms with E-state index in [1.54, 1.807) is 0 Å². The molecule has 5 heteroatoms. The summed E-state index contributed by atoms with van der Waals surface area (Å²) in [7, 11) is 0. The van der Waals surface area contributed by atoms with Gasteiger partial charge < -0.3 is 14.6 Å². The van der Waals surface area contributed by atoms with Crippen LogP contribution in [0.15, 0.2) is 24.3 Å². The summed E-state index contributed by atoms with van der Waals surface area (Å²) in [5.41, 5.74) is 2.00. The van der Waals surface area contributed by atoms with Gasteiger partial charge in [-0.1, -0.05) is 25.0 Å². The molecule has 1 N–H and O–H groups in total. The number of benzene rings is 1. The number of aromatic amines is 1. The van der Waals surface area contributed by atoms with E-state index in [2.05, 4.69) is 14.9 Å². The van der Waals surface area contributed by atoms with Crippen molar-refractivity contribution in [2.75, 3.05) is 13.2 Å². The molecular weight excluding hydrogens is 290 g/mol. The maximum atomic E-state index is 12.7. The van der Waals surface area contributed by atoms with Crippen LogP contribution in [0.4, 0.5) is 0 Å². The monoisotopic (exact) mass is 313 g/mol. The second-order valence-electron chi connectivity index (χ2n) is 6.55. The first-order valence-electron chi connectivity index (χ1n) is 8.66. The van der Waals surface area contributed by atoms with Crippen molar-refractivity contribution in [2.24, 2.45) is 0 Å². The molecule has 1 amide bonds. The van der Waals surface area contributed by atoms with Gasteiger partial charge in [0.05, 0.1) is 29.8 Å². The summed E-state index contributed by atoms with van der Waals surface area (Å²) in [4.78, 5) is 22.6. The summed E-state index contributed by atoms with van der Waals surface area (Å²) in [5.74, 6) is 1.14. The van der Waals surface area contributed by atoms with Crippen LogP contribution in [0.1, 0.15) is 37.9 Å². The van der Waals surface area contributed by atoms with E-state index in [1.807, 2.05) is 24.3 Å². The number of imidazole rings is 1. The number of amides is 1. The van der Waals surface area contributed by atoms with Gasteiger partial charge in [0, 0.05) is 19.4 Å². The van der Waals surface area contributed by atoms with Crippen molar-refractivity contribution in [3.8, 4) is 0 Å². The zero-order chi connectivity index (χ0) is 15.6. The van der Waals surface area contributed by atoms with E-state index < -0.39 is 0 Å². The highest BCUT2D eigenvalue weighted by atomic mass is 16.5. The Morgan fingerprint density at radius 3 is 3.09 bits per heavy atom. The maximum absolute atomic E-state index is 12.7. The predicted molar refractivity (Wildman–Crippen MR) is 88.1 cm³/mol. The summed E-state index contributed by atoms with van der Waals surface area (Å²) >= 11 is 0. The molecule has 2 atom stereocenters. The number of aryl methyl sites for hydroxylation is 1. The van der Waals surface area contributed by atoms with Crippen LogP contribution in [0.25, 0.3) is 11.0 Å². The smallest absolute Gasteiger partial charge is 0.223 e. The van der Waals surface area contributed by atoms with Crippen molar-refractivity contribution in [1.29, 1.82) is 0 Å². The summed E-state index contributed by atoms with van der Waals surface area (Å²) < 4.78 is 5.85. The van der Waals surface area contributed by atoms with Gasteiger partial charge in [-0.25, -0.2) is 4.98 Å². The summed E-state index contributed by atoms with van der Waals surface area (Å²) in [5, 5.41) is 0. The zero-order valence-corrected chi connectivity index (χ0v) is 13.3. The Hall–Kier alpha value is -1.88. The molecule has 1 aliphatic heterocycles. The van der Waals surface area contributed by atoms with Crippen LogP contribution in [0.5, 0.6) is 0 Å². The fourth-order valence-electron chi connectivity index (χ4n) is 3.90. The number of fused-ring (bicyclic) bond motifs is 2. The Balaban J connectivity index is 1.40. The molecule has 2 heterocycles. The number of aromatic nitrogens is 2. The Labute approximate surface area is 136 Å². The Morgan fingerprint density at radius 2 is 2.17 bits per heavy atom. The third-order valence-corrected chi connectivity index (χ3v) is 5.07. The van der Waals surface area contributed by atoms with Crippen molar-refractivity contribution in [3.05, 3.63) is 30.1 Å². The minimum atomic E-state index is 0.241. The molecule has 0 bridgehead atoms. The molecule has 122 valence electrons. The highest BCUT2D eigenvalue weighted by Crippen LogP contribution is 2.29. The lowest BCUT2D eigenvalue weighted by Gasteiger charge is -2.43. The summed E-state index contributed by atoms with van der Waals surface area (Å²) in [6.07, 6.45) is 6.05. The first-order valence-corrected chi connectivity index (χ1v) is 8.66. The van der Waals surface area contributed by atoms with E-state index in [9.17, 15) is 4.79 Å². The number of morpholine rings is 1. The molecule has 1 aromatic heterocycles. The molecule has 2 aromatic rings. The normalized spacial score (nSPS) is 24.6. The number of H-pyrrole nitrogens is 1. The molecule has 2 fully saturated rings. The molecule has 0 spiro atoms. The Bertz CT molecular complexity index is 661. The van der Waals surface area contributed by atoms with Gasteiger partial charge in [0.25, 0.3) is 0 Å². The van der Waals surface area contributed by atoms with E-state index in [-0.39, 0.29) is 12.0 Å². The molecule has 5 nitrogen and oxygen atoms in total. The number of rotatable bonds is 3. The van der Waals surface area contributed by atoms with Crippen LogP contribution in [0.2, 0.25) is 0 Å². The van der Waals surface area contributed by atoms with Crippen molar-refractivity contribution in [3.63, 3.8) is 0 Å². The maximum Gasteiger partial charge on any atom is 0.223 e. The lowest BCUT2D eigenvalue weighted by Crippen LogP contribution is -2.54. The average molecular weight is 313 g/mol. The van der Waals surface area contributed by atoms with E-state index in [1.165, 1.54) is 12.8 Å². The van der Waals surface area contributed by atoms with E-state index in [0.29, 0.717) is 25.5 Å². The minimum absolute atomic E-state index is 0.241. The zero-order valence-electron chi connectivity index (χ0n) is 13.3. The predicted octanol–water partition coefficient (Wildman–Crippen LogP) is 2.67. The van der Waals surface area contributed by atoms with Gasteiger partial charge in [-0.15, -0.1) is 0 Å². The number of para-hydroxylation sites is 2. The number of hydrogen-bond acceptors (Lipinski definition) is 3. The molecule has 0 unspecified atom stereocenters.